The molecule has 0 saturated carbocycles. The maximum absolute atomic E-state index is 4.46. The van der Waals surface area contributed by atoms with Gasteiger partial charge in [-0.25, -0.2) is 4.98 Å². The van der Waals surface area contributed by atoms with Gasteiger partial charge in [-0.15, -0.1) is 0 Å². The number of hydrogen-bond acceptors (Lipinski definition) is 2. The molecular formula is C15H16N2. The molecule has 1 atom stereocenters. The number of benzene rings is 1. The predicted molar refractivity (Wildman–Crippen MR) is 70.0 cm³/mol. The smallest absolute Gasteiger partial charge is 0.128 e. The summed E-state index contributed by atoms with van der Waals surface area (Å²) in [6.45, 7) is 1.11. The van der Waals surface area contributed by atoms with Crippen molar-refractivity contribution in [3.8, 4) is 0 Å². The maximum atomic E-state index is 4.46. The van der Waals surface area contributed by atoms with Crippen molar-refractivity contribution >= 4 is 5.82 Å². The lowest BCUT2D eigenvalue weighted by atomic mass is 10.0. The summed E-state index contributed by atoms with van der Waals surface area (Å²) in [5.74, 6) is 1.10. The fraction of sp³-hybridized carbons (Fsp3) is 0.267. The Bertz CT molecular complexity index is 421. The van der Waals surface area contributed by atoms with Crippen molar-refractivity contribution in [2.45, 2.75) is 18.9 Å². The fourth-order valence-electron chi connectivity index (χ4n) is 2.59. The van der Waals surface area contributed by atoms with Crippen LogP contribution in [-0.2, 0) is 0 Å². The number of nitrogens with zero attached hydrogens (tertiary/aromatic N) is 2. The van der Waals surface area contributed by atoms with E-state index < -0.39 is 0 Å². The molecule has 1 aliphatic rings. The van der Waals surface area contributed by atoms with Gasteiger partial charge in [0.1, 0.15) is 5.82 Å². The van der Waals surface area contributed by atoms with E-state index in [-0.39, 0.29) is 0 Å². The average molecular weight is 224 g/mol. The summed E-state index contributed by atoms with van der Waals surface area (Å²) in [4.78, 5) is 6.87. The van der Waals surface area contributed by atoms with Crippen LogP contribution in [0.25, 0.3) is 0 Å². The van der Waals surface area contributed by atoms with Crippen molar-refractivity contribution in [2.75, 3.05) is 11.4 Å². The van der Waals surface area contributed by atoms with E-state index in [1.165, 1.54) is 18.4 Å². The van der Waals surface area contributed by atoms with Crippen molar-refractivity contribution < 1.29 is 0 Å². The summed E-state index contributed by atoms with van der Waals surface area (Å²) >= 11 is 0. The van der Waals surface area contributed by atoms with Gasteiger partial charge in [0.2, 0.25) is 0 Å². The van der Waals surface area contributed by atoms with Crippen molar-refractivity contribution in [3.05, 3.63) is 60.3 Å². The molecular weight excluding hydrogens is 208 g/mol. The highest BCUT2D eigenvalue weighted by Gasteiger charge is 2.26. The summed E-state index contributed by atoms with van der Waals surface area (Å²) in [6.07, 6.45) is 4.34. The molecule has 17 heavy (non-hydrogen) atoms. The third-order valence-corrected chi connectivity index (χ3v) is 3.38. The molecule has 0 N–H and O–H groups in total. The zero-order chi connectivity index (χ0) is 11.5. The summed E-state index contributed by atoms with van der Waals surface area (Å²) in [6, 6.07) is 17.3. The Morgan fingerprint density at radius 2 is 1.82 bits per heavy atom. The summed E-state index contributed by atoms with van der Waals surface area (Å²) < 4.78 is 0. The van der Waals surface area contributed by atoms with Crippen molar-refractivity contribution in [1.82, 2.24) is 4.98 Å². The fourth-order valence-corrected chi connectivity index (χ4v) is 2.59. The maximum Gasteiger partial charge on any atom is 0.128 e. The zero-order valence-corrected chi connectivity index (χ0v) is 9.79. The molecule has 86 valence electrons. The molecule has 2 aromatic rings. The molecule has 1 aromatic carbocycles. The number of pyridine rings is 1. The topological polar surface area (TPSA) is 16.1 Å². The number of anilines is 1. The monoisotopic (exact) mass is 224 g/mol. The minimum Gasteiger partial charge on any atom is -0.350 e. The normalized spacial score (nSPS) is 19.5. The molecule has 1 saturated heterocycles. The van der Waals surface area contributed by atoms with Gasteiger partial charge in [0.05, 0.1) is 6.04 Å². The Morgan fingerprint density at radius 3 is 2.59 bits per heavy atom. The number of aromatic nitrogens is 1. The second kappa shape index (κ2) is 4.58. The molecule has 2 heterocycles. The van der Waals surface area contributed by atoms with E-state index in [0.717, 1.165) is 12.4 Å². The highest BCUT2D eigenvalue weighted by Crippen LogP contribution is 2.34. The molecule has 1 fully saturated rings. The molecule has 0 amide bonds. The Hall–Kier alpha value is -1.83. The molecule has 3 rings (SSSR count). The largest absolute Gasteiger partial charge is 0.350 e. The lowest BCUT2D eigenvalue weighted by Crippen LogP contribution is -2.23. The summed E-state index contributed by atoms with van der Waals surface area (Å²) in [5, 5.41) is 0. The SMILES string of the molecule is c1ccc([C@@H]2CCCN2c2ccccn2)cc1. The van der Waals surface area contributed by atoms with E-state index in [1.54, 1.807) is 0 Å². The van der Waals surface area contributed by atoms with Gasteiger partial charge in [-0.3, -0.25) is 0 Å². The number of rotatable bonds is 2. The van der Waals surface area contributed by atoms with Gasteiger partial charge in [-0.05, 0) is 30.5 Å². The molecule has 1 aliphatic heterocycles. The van der Waals surface area contributed by atoms with E-state index in [9.17, 15) is 0 Å². The van der Waals surface area contributed by atoms with Crippen molar-refractivity contribution in [1.29, 1.82) is 0 Å². The van der Waals surface area contributed by atoms with Crippen LogP contribution in [0.3, 0.4) is 0 Å². The highest BCUT2D eigenvalue weighted by molar-refractivity contribution is 5.43. The first-order valence-electron chi connectivity index (χ1n) is 6.18. The summed E-state index contributed by atoms with van der Waals surface area (Å²) in [5.41, 5.74) is 1.40. The zero-order valence-electron chi connectivity index (χ0n) is 9.79. The molecule has 2 nitrogen and oxygen atoms in total. The van der Waals surface area contributed by atoms with Gasteiger partial charge < -0.3 is 4.90 Å². The Morgan fingerprint density at radius 1 is 1.00 bits per heavy atom. The van der Waals surface area contributed by atoms with E-state index in [1.807, 2.05) is 12.3 Å². The van der Waals surface area contributed by atoms with Gasteiger partial charge in [0.25, 0.3) is 0 Å². The quantitative estimate of drug-likeness (QED) is 0.777. The van der Waals surface area contributed by atoms with Crippen LogP contribution in [0.15, 0.2) is 54.7 Å². The van der Waals surface area contributed by atoms with Gasteiger partial charge in [0, 0.05) is 12.7 Å². The van der Waals surface area contributed by atoms with Crippen LogP contribution in [-0.4, -0.2) is 11.5 Å². The molecule has 1 aromatic heterocycles. The minimum absolute atomic E-state index is 0.492. The Kier molecular flexibility index (Phi) is 2.78. The van der Waals surface area contributed by atoms with E-state index in [4.69, 9.17) is 0 Å². The second-order valence-electron chi connectivity index (χ2n) is 4.45. The van der Waals surface area contributed by atoms with Crippen LogP contribution in [0.1, 0.15) is 24.4 Å². The molecule has 0 unspecified atom stereocenters. The third-order valence-electron chi connectivity index (χ3n) is 3.38. The van der Waals surface area contributed by atoms with E-state index in [2.05, 4.69) is 52.3 Å². The second-order valence-corrected chi connectivity index (χ2v) is 4.45. The van der Waals surface area contributed by atoms with Crippen LogP contribution in [0.4, 0.5) is 5.82 Å². The molecule has 0 radical (unpaired) electrons. The van der Waals surface area contributed by atoms with Crippen LogP contribution >= 0.6 is 0 Å². The summed E-state index contributed by atoms with van der Waals surface area (Å²) in [7, 11) is 0. The number of hydrogen-bond donors (Lipinski definition) is 0. The van der Waals surface area contributed by atoms with E-state index in [0.29, 0.717) is 6.04 Å². The van der Waals surface area contributed by atoms with Crippen LogP contribution in [0.2, 0.25) is 0 Å². The molecule has 0 bridgehead atoms. The van der Waals surface area contributed by atoms with Crippen molar-refractivity contribution in [3.63, 3.8) is 0 Å². The van der Waals surface area contributed by atoms with Gasteiger partial charge in [-0.2, -0.15) is 0 Å². The molecule has 2 heteroatoms. The minimum atomic E-state index is 0.492. The first-order chi connectivity index (χ1) is 8.45. The van der Waals surface area contributed by atoms with Gasteiger partial charge >= 0.3 is 0 Å². The lowest BCUT2D eigenvalue weighted by molar-refractivity contribution is 0.712. The van der Waals surface area contributed by atoms with Gasteiger partial charge in [0.15, 0.2) is 0 Å². The highest BCUT2D eigenvalue weighted by atomic mass is 15.2. The third kappa shape index (κ3) is 2.03. The lowest BCUT2D eigenvalue weighted by Gasteiger charge is -2.25. The Balaban J connectivity index is 1.91. The predicted octanol–water partition coefficient (Wildman–Crippen LogP) is 3.42. The Labute approximate surface area is 102 Å². The van der Waals surface area contributed by atoms with Gasteiger partial charge in [-0.1, -0.05) is 36.4 Å². The van der Waals surface area contributed by atoms with Crippen LogP contribution < -0.4 is 4.90 Å². The van der Waals surface area contributed by atoms with Crippen LogP contribution in [0, 0.1) is 0 Å². The molecule has 0 spiro atoms. The molecule has 0 aliphatic carbocycles. The van der Waals surface area contributed by atoms with Crippen LogP contribution in [0.5, 0.6) is 0 Å². The van der Waals surface area contributed by atoms with Crippen molar-refractivity contribution in [2.24, 2.45) is 0 Å². The first kappa shape index (κ1) is 10.3. The first-order valence-corrected chi connectivity index (χ1v) is 6.18. The average Bonchev–Trinajstić information content (AvgIpc) is 2.90. The van der Waals surface area contributed by atoms with E-state index >= 15 is 0 Å². The standard InChI is InChI=1S/C15H16N2/c1-2-7-13(8-3-1)14-9-6-12-17(14)15-10-4-5-11-16-15/h1-5,7-8,10-11,14H,6,9,12H2/t14-/m0/s1.